The van der Waals surface area contributed by atoms with Gasteiger partial charge >= 0.3 is 5.97 Å². The number of aryl methyl sites for hydroxylation is 1. The average Bonchev–Trinajstić information content (AvgIpc) is 3.02. The topological polar surface area (TPSA) is 55.8 Å². The molecule has 1 heterocycles. The third-order valence-corrected chi connectivity index (χ3v) is 7.03. The quantitative estimate of drug-likeness (QED) is 0.555. The van der Waals surface area contributed by atoms with Crippen LogP contribution in [0, 0.1) is 0 Å². The summed E-state index contributed by atoms with van der Waals surface area (Å²) in [5, 5.41) is 12.0. The van der Waals surface area contributed by atoms with Crippen LogP contribution in [0.5, 0.6) is 0 Å². The molecular weight excluding hydrogens is 412 g/mol. The lowest BCUT2D eigenvalue weighted by atomic mass is 9.79. The molecule has 2 aliphatic rings. The number of carbonyl (C=O) groups is 1. The highest BCUT2D eigenvalue weighted by Crippen LogP contribution is 2.47. The lowest BCUT2D eigenvalue weighted by Crippen LogP contribution is -2.38. The maximum Gasteiger partial charge on any atom is 0.343 e. The maximum atomic E-state index is 13.1. The van der Waals surface area contributed by atoms with Crippen molar-refractivity contribution in [3.63, 3.8) is 0 Å². The molecule has 4 rings (SSSR count). The first-order valence-electron chi connectivity index (χ1n) is 11.0. The van der Waals surface area contributed by atoms with E-state index in [0.29, 0.717) is 23.4 Å². The van der Waals surface area contributed by atoms with Crippen molar-refractivity contribution in [2.75, 3.05) is 7.11 Å². The van der Waals surface area contributed by atoms with E-state index in [1.165, 1.54) is 0 Å². The predicted octanol–water partition coefficient (Wildman–Crippen LogP) is 6.29. The van der Waals surface area contributed by atoms with Crippen molar-refractivity contribution in [1.29, 1.82) is 0 Å². The molecule has 1 saturated carbocycles. The minimum Gasteiger partial charge on any atom is -0.507 e. The monoisotopic (exact) mass is 440 g/mol. The van der Waals surface area contributed by atoms with Gasteiger partial charge in [-0.25, -0.2) is 4.79 Å². The van der Waals surface area contributed by atoms with E-state index in [1.54, 1.807) is 7.11 Å². The number of benzene rings is 2. The van der Waals surface area contributed by atoms with Crippen molar-refractivity contribution in [3.05, 3.63) is 63.9 Å². The van der Waals surface area contributed by atoms with Gasteiger partial charge in [0.2, 0.25) is 0 Å². The second-order valence-corrected chi connectivity index (χ2v) is 8.82. The SMILES string of the molecule is CCc1ccc(-c2ccc(Cl)cc2)c(CC)c1C1=C(O)[C@]2(CC[C@H](OC)CC2)OC1=O. The van der Waals surface area contributed by atoms with Crippen LogP contribution in [0.1, 0.15) is 56.2 Å². The van der Waals surface area contributed by atoms with E-state index in [-0.39, 0.29) is 11.9 Å². The van der Waals surface area contributed by atoms with Gasteiger partial charge in [0.15, 0.2) is 11.4 Å². The van der Waals surface area contributed by atoms with Crippen LogP contribution in [0.2, 0.25) is 5.02 Å². The Kier molecular flexibility index (Phi) is 6.14. The van der Waals surface area contributed by atoms with E-state index in [0.717, 1.165) is 53.5 Å². The number of carbonyl (C=O) groups excluding carboxylic acids is 1. The number of hydrogen-bond donors (Lipinski definition) is 1. The summed E-state index contributed by atoms with van der Waals surface area (Å²) in [6.07, 6.45) is 4.29. The highest BCUT2D eigenvalue weighted by molar-refractivity contribution is 6.30. The van der Waals surface area contributed by atoms with Crippen LogP contribution in [0.15, 0.2) is 42.2 Å². The van der Waals surface area contributed by atoms with Gasteiger partial charge in [-0.3, -0.25) is 0 Å². The predicted molar refractivity (Wildman–Crippen MR) is 123 cm³/mol. The molecule has 0 saturated heterocycles. The minimum absolute atomic E-state index is 0.0877. The summed E-state index contributed by atoms with van der Waals surface area (Å²) in [6.45, 7) is 4.15. The van der Waals surface area contributed by atoms with Gasteiger partial charge in [0.25, 0.3) is 0 Å². The normalized spacial score (nSPS) is 23.5. The van der Waals surface area contributed by atoms with Gasteiger partial charge in [-0.15, -0.1) is 0 Å². The highest BCUT2D eigenvalue weighted by atomic mass is 35.5. The largest absolute Gasteiger partial charge is 0.507 e. The van der Waals surface area contributed by atoms with E-state index in [1.807, 2.05) is 24.3 Å². The van der Waals surface area contributed by atoms with Crippen molar-refractivity contribution in [3.8, 4) is 11.1 Å². The summed E-state index contributed by atoms with van der Waals surface area (Å²) >= 11 is 6.09. The molecule has 0 aromatic heterocycles. The lowest BCUT2D eigenvalue weighted by Gasteiger charge is -2.35. The zero-order chi connectivity index (χ0) is 22.2. The van der Waals surface area contributed by atoms with Crippen molar-refractivity contribution < 1.29 is 19.4 Å². The van der Waals surface area contributed by atoms with E-state index in [9.17, 15) is 9.90 Å². The van der Waals surface area contributed by atoms with Gasteiger partial charge in [0, 0.05) is 12.1 Å². The van der Waals surface area contributed by atoms with Crippen LogP contribution in [-0.2, 0) is 27.1 Å². The van der Waals surface area contributed by atoms with Gasteiger partial charge in [0.05, 0.1) is 6.10 Å². The van der Waals surface area contributed by atoms with E-state index < -0.39 is 11.6 Å². The Morgan fingerprint density at radius 3 is 2.35 bits per heavy atom. The number of methoxy groups -OCH3 is 1. The van der Waals surface area contributed by atoms with Gasteiger partial charge in [-0.2, -0.15) is 0 Å². The molecule has 1 N–H and O–H groups in total. The summed E-state index contributed by atoms with van der Waals surface area (Å²) < 4.78 is 11.4. The molecule has 2 aromatic carbocycles. The van der Waals surface area contributed by atoms with Crippen LogP contribution < -0.4 is 0 Å². The Hall–Kier alpha value is -2.30. The first-order chi connectivity index (χ1) is 14.9. The van der Waals surface area contributed by atoms with Crippen molar-refractivity contribution in [1.82, 2.24) is 0 Å². The molecule has 1 aliphatic heterocycles. The number of halogens is 1. The third-order valence-electron chi connectivity index (χ3n) is 6.77. The molecule has 1 spiro atoms. The summed E-state index contributed by atoms with van der Waals surface area (Å²) in [7, 11) is 1.70. The molecular formula is C26H29ClO4. The highest BCUT2D eigenvalue weighted by Gasteiger charge is 2.51. The van der Waals surface area contributed by atoms with E-state index in [2.05, 4.69) is 26.0 Å². The van der Waals surface area contributed by atoms with Crippen molar-refractivity contribution >= 4 is 23.1 Å². The minimum atomic E-state index is -0.923. The molecule has 0 atom stereocenters. The van der Waals surface area contributed by atoms with Crippen LogP contribution in [0.4, 0.5) is 0 Å². The number of ether oxygens (including phenoxy) is 2. The first-order valence-corrected chi connectivity index (χ1v) is 11.4. The number of aliphatic hydroxyl groups excluding tert-OH is 1. The Morgan fingerprint density at radius 2 is 1.77 bits per heavy atom. The molecule has 2 aromatic rings. The fraction of sp³-hybridized carbons (Fsp3) is 0.423. The zero-order valence-electron chi connectivity index (χ0n) is 18.3. The Morgan fingerprint density at radius 1 is 1.10 bits per heavy atom. The fourth-order valence-electron chi connectivity index (χ4n) is 5.02. The van der Waals surface area contributed by atoms with Crippen LogP contribution >= 0.6 is 11.6 Å². The van der Waals surface area contributed by atoms with E-state index >= 15 is 0 Å². The average molecular weight is 441 g/mol. The fourth-order valence-corrected chi connectivity index (χ4v) is 5.15. The Balaban J connectivity index is 1.87. The molecule has 0 radical (unpaired) electrons. The number of esters is 1. The molecule has 164 valence electrons. The van der Waals surface area contributed by atoms with Gasteiger partial charge in [0.1, 0.15) is 5.57 Å². The molecule has 5 heteroatoms. The van der Waals surface area contributed by atoms with Crippen molar-refractivity contribution in [2.24, 2.45) is 0 Å². The smallest absolute Gasteiger partial charge is 0.343 e. The van der Waals surface area contributed by atoms with E-state index in [4.69, 9.17) is 21.1 Å². The molecule has 1 fully saturated rings. The molecule has 0 bridgehead atoms. The Bertz CT molecular complexity index is 1010. The molecule has 1 aliphatic carbocycles. The first kappa shape index (κ1) is 21.9. The van der Waals surface area contributed by atoms with Gasteiger partial charge in [-0.1, -0.05) is 49.7 Å². The van der Waals surface area contributed by atoms with Crippen LogP contribution in [0.3, 0.4) is 0 Å². The van der Waals surface area contributed by atoms with Gasteiger partial charge < -0.3 is 14.6 Å². The zero-order valence-corrected chi connectivity index (χ0v) is 19.1. The third kappa shape index (κ3) is 3.77. The maximum absolute atomic E-state index is 13.1. The number of hydrogen-bond acceptors (Lipinski definition) is 4. The van der Waals surface area contributed by atoms with Crippen LogP contribution in [0.25, 0.3) is 16.7 Å². The number of aliphatic hydroxyl groups is 1. The standard InChI is InChI=1S/C26H29ClO4/c1-4-16-8-11-21(17-6-9-18(27)10-7-17)20(5-2)22(16)23-24(28)26(31-25(23)29)14-12-19(30-3)13-15-26/h6-11,19,28H,4-5,12-15H2,1-3H3/t19-,26+. The second-order valence-electron chi connectivity index (χ2n) is 8.38. The molecule has 0 amide bonds. The molecule has 31 heavy (non-hydrogen) atoms. The summed E-state index contributed by atoms with van der Waals surface area (Å²) in [5.41, 5.74) is 4.40. The molecule has 4 nitrogen and oxygen atoms in total. The van der Waals surface area contributed by atoms with Crippen LogP contribution in [-0.4, -0.2) is 29.9 Å². The second kappa shape index (κ2) is 8.68. The van der Waals surface area contributed by atoms with Gasteiger partial charge in [-0.05, 0) is 78.5 Å². The molecule has 0 unspecified atom stereocenters. The van der Waals surface area contributed by atoms with Crippen molar-refractivity contribution in [2.45, 2.75) is 64.1 Å². The summed E-state index contributed by atoms with van der Waals surface area (Å²) in [6, 6.07) is 11.9. The summed E-state index contributed by atoms with van der Waals surface area (Å²) in [5.74, 6) is -0.337. The Labute approximate surface area is 188 Å². The lowest BCUT2D eigenvalue weighted by molar-refractivity contribution is -0.151. The number of rotatable bonds is 5. The summed E-state index contributed by atoms with van der Waals surface area (Å²) in [4.78, 5) is 13.1.